The molecule has 0 saturated carbocycles. The Morgan fingerprint density at radius 2 is 2.05 bits per heavy atom. The van der Waals surface area contributed by atoms with Crippen molar-refractivity contribution in [2.24, 2.45) is 5.73 Å². The highest BCUT2D eigenvalue weighted by Crippen LogP contribution is 2.42. The molecule has 2 N–H and O–H groups in total. The van der Waals surface area contributed by atoms with E-state index in [1.165, 1.54) is 12.1 Å². The summed E-state index contributed by atoms with van der Waals surface area (Å²) in [5.41, 5.74) is 7.88. The standard InChI is InChI=1S/C16H15ClFNO2/c1-20-10-3-5-15-12(7-10)14(19)8-16(21-15)11-4-2-9(18)6-13(11)17/h2-7,14,16H,8,19H2,1H3/t14-,16?/m1/s1. The van der Waals surface area contributed by atoms with E-state index in [1.54, 1.807) is 13.2 Å². The van der Waals surface area contributed by atoms with Gasteiger partial charge in [0.15, 0.2) is 0 Å². The van der Waals surface area contributed by atoms with Gasteiger partial charge in [0.1, 0.15) is 23.4 Å². The molecule has 110 valence electrons. The maximum atomic E-state index is 13.1. The number of hydrogen-bond donors (Lipinski definition) is 1. The summed E-state index contributed by atoms with van der Waals surface area (Å²) in [6.07, 6.45) is 0.292. The molecule has 0 spiro atoms. The molecule has 2 aromatic carbocycles. The average Bonchev–Trinajstić information content (AvgIpc) is 2.47. The van der Waals surface area contributed by atoms with Crippen LogP contribution in [0, 0.1) is 5.82 Å². The van der Waals surface area contributed by atoms with Crippen LogP contribution in [0.4, 0.5) is 4.39 Å². The van der Waals surface area contributed by atoms with Crippen molar-refractivity contribution in [3.63, 3.8) is 0 Å². The van der Waals surface area contributed by atoms with Crippen molar-refractivity contribution in [1.29, 1.82) is 0 Å². The zero-order valence-corrected chi connectivity index (χ0v) is 12.2. The van der Waals surface area contributed by atoms with Crippen LogP contribution in [0.25, 0.3) is 0 Å². The summed E-state index contributed by atoms with van der Waals surface area (Å²) in [6, 6.07) is 9.65. The quantitative estimate of drug-likeness (QED) is 0.911. The first-order valence-corrected chi connectivity index (χ1v) is 7.01. The third-order valence-corrected chi connectivity index (χ3v) is 3.99. The molecule has 2 aromatic rings. The lowest BCUT2D eigenvalue weighted by atomic mass is 9.93. The molecule has 0 saturated heterocycles. The average molecular weight is 308 g/mol. The van der Waals surface area contributed by atoms with Gasteiger partial charge in [-0.2, -0.15) is 0 Å². The molecule has 1 aliphatic rings. The van der Waals surface area contributed by atoms with Gasteiger partial charge in [0.25, 0.3) is 0 Å². The number of methoxy groups -OCH3 is 1. The Balaban J connectivity index is 1.94. The Labute approximate surface area is 127 Å². The van der Waals surface area contributed by atoms with E-state index >= 15 is 0 Å². The highest BCUT2D eigenvalue weighted by Gasteiger charge is 2.28. The molecular formula is C16H15ClFNO2. The molecule has 1 aliphatic heterocycles. The van der Waals surface area contributed by atoms with Crippen molar-refractivity contribution >= 4 is 11.6 Å². The van der Waals surface area contributed by atoms with Crippen LogP contribution < -0.4 is 15.2 Å². The van der Waals surface area contributed by atoms with E-state index < -0.39 is 0 Å². The van der Waals surface area contributed by atoms with Gasteiger partial charge >= 0.3 is 0 Å². The largest absolute Gasteiger partial charge is 0.497 e. The van der Waals surface area contributed by atoms with Crippen molar-refractivity contribution in [2.75, 3.05) is 7.11 Å². The summed E-state index contributed by atoms with van der Waals surface area (Å²) in [5.74, 6) is 1.08. The molecule has 2 atom stereocenters. The predicted molar refractivity (Wildman–Crippen MR) is 79.3 cm³/mol. The van der Waals surface area contributed by atoms with Crippen molar-refractivity contribution in [2.45, 2.75) is 18.6 Å². The van der Waals surface area contributed by atoms with Gasteiger partial charge in [-0.05, 0) is 30.3 Å². The van der Waals surface area contributed by atoms with Gasteiger partial charge in [-0.25, -0.2) is 4.39 Å². The summed E-state index contributed by atoms with van der Waals surface area (Å²) >= 11 is 6.10. The lowest BCUT2D eigenvalue weighted by molar-refractivity contribution is 0.161. The van der Waals surface area contributed by atoms with E-state index in [4.69, 9.17) is 26.8 Å². The first kappa shape index (κ1) is 14.2. The second kappa shape index (κ2) is 5.54. The van der Waals surface area contributed by atoms with E-state index in [1.807, 2.05) is 18.2 Å². The number of ether oxygens (including phenoxy) is 2. The van der Waals surface area contributed by atoms with Gasteiger partial charge in [0.2, 0.25) is 0 Å². The number of halogens is 2. The van der Waals surface area contributed by atoms with Crippen LogP contribution in [0.1, 0.15) is 29.7 Å². The predicted octanol–water partition coefficient (Wildman–Crippen LogP) is 4.01. The summed E-state index contributed by atoms with van der Waals surface area (Å²) in [6.45, 7) is 0. The Bertz CT molecular complexity index is 677. The van der Waals surface area contributed by atoms with Gasteiger partial charge in [0, 0.05) is 23.6 Å². The van der Waals surface area contributed by atoms with Crippen LogP contribution >= 0.6 is 11.6 Å². The zero-order chi connectivity index (χ0) is 15.0. The number of fused-ring (bicyclic) bond motifs is 1. The first-order valence-electron chi connectivity index (χ1n) is 6.63. The van der Waals surface area contributed by atoms with E-state index in [-0.39, 0.29) is 18.0 Å². The van der Waals surface area contributed by atoms with Crippen molar-refractivity contribution < 1.29 is 13.9 Å². The van der Waals surface area contributed by atoms with Crippen LogP contribution in [-0.2, 0) is 0 Å². The molecule has 0 radical (unpaired) electrons. The minimum Gasteiger partial charge on any atom is -0.497 e. The highest BCUT2D eigenvalue weighted by atomic mass is 35.5. The van der Waals surface area contributed by atoms with Gasteiger partial charge in [0.05, 0.1) is 12.1 Å². The molecule has 0 bridgehead atoms. The van der Waals surface area contributed by atoms with Crippen LogP contribution in [0.3, 0.4) is 0 Å². The van der Waals surface area contributed by atoms with Gasteiger partial charge in [-0.1, -0.05) is 17.7 Å². The third-order valence-electron chi connectivity index (χ3n) is 3.66. The molecule has 1 heterocycles. The maximum absolute atomic E-state index is 13.1. The fourth-order valence-corrected chi connectivity index (χ4v) is 2.85. The third kappa shape index (κ3) is 2.69. The highest BCUT2D eigenvalue weighted by molar-refractivity contribution is 6.31. The van der Waals surface area contributed by atoms with Crippen LogP contribution in [0.2, 0.25) is 5.02 Å². The second-order valence-corrected chi connectivity index (χ2v) is 5.43. The van der Waals surface area contributed by atoms with E-state index in [2.05, 4.69) is 0 Å². The number of benzene rings is 2. The molecule has 3 nitrogen and oxygen atoms in total. The molecule has 0 aromatic heterocycles. The second-order valence-electron chi connectivity index (χ2n) is 5.02. The summed E-state index contributed by atoms with van der Waals surface area (Å²) in [4.78, 5) is 0. The Hall–Kier alpha value is -1.78. The van der Waals surface area contributed by atoms with Crippen molar-refractivity contribution in [1.82, 2.24) is 0 Å². The number of hydrogen-bond acceptors (Lipinski definition) is 3. The Morgan fingerprint density at radius 3 is 2.76 bits per heavy atom. The van der Waals surface area contributed by atoms with Crippen LogP contribution in [-0.4, -0.2) is 7.11 Å². The van der Waals surface area contributed by atoms with Crippen LogP contribution in [0.15, 0.2) is 36.4 Å². The fourth-order valence-electron chi connectivity index (χ4n) is 2.56. The van der Waals surface area contributed by atoms with E-state index in [0.717, 1.165) is 16.9 Å². The molecule has 5 heteroatoms. The molecule has 0 aliphatic carbocycles. The Morgan fingerprint density at radius 1 is 1.24 bits per heavy atom. The normalized spacial score (nSPS) is 20.6. The number of rotatable bonds is 2. The zero-order valence-electron chi connectivity index (χ0n) is 11.5. The van der Waals surface area contributed by atoms with Gasteiger partial charge < -0.3 is 15.2 Å². The van der Waals surface area contributed by atoms with Crippen molar-refractivity contribution in [3.05, 3.63) is 58.4 Å². The minimum atomic E-state index is -0.367. The number of nitrogens with two attached hydrogens (primary N) is 1. The minimum absolute atomic E-state index is 0.185. The Kier molecular flexibility index (Phi) is 3.74. The lowest BCUT2D eigenvalue weighted by Gasteiger charge is -2.31. The topological polar surface area (TPSA) is 44.5 Å². The molecule has 21 heavy (non-hydrogen) atoms. The summed E-state index contributed by atoms with van der Waals surface area (Å²) < 4.78 is 24.3. The van der Waals surface area contributed by atoms with E-state index in [0.29, 0.717) is 17.2 Å². The summed E-state index contributed by atoms with van der Waals surface area (Å²) in [5, 5.41) is 0.351. The SMILES string of the molecule is COc1ccc2c(c1)[C@H](N)CC(c1ccc(F)cc1Cl)O2. The van der Waals surface area contributed by atoms with E-state index in [9.17, 15) is 4.39 Å². The molecule has 0 fully saturated rings. The molecule has 3 rings (SSSR count). The van der Waals surface area contributed by atoms with Gasteiger partial charge in [-0.3, -0.25) is 0 Å². The molecular weight excluding hydrogens is 293 g/mol. The fraction of sp³-hybridized carbons (Fsp3) is 0.250. The molecule has 0 amide bonds. The lowest BCUT2D eigenvalue weighted by Crippen LogP contribution is -2.24. The van der Waals surface area contributed by atoms with Gasteiger partial charge in [-0.15, -0.1) is 0 Å². The smallest absolute Gasteiger partial charge is 0.127 e. The van der Waals surface area contributed by atoms with Crippen LogP contribution in [0.5, 0.6) is 11.5 Å². The summed E-state index contributed by atoms with van der Waals surface area (Å²) in [7, 11) is 1.61. The maximum Gasteiger partial charge on any atom is 0.127 e. The monoisotopic (exact) mass is 307 g/mol. The first-order chi connectivity index (χ1) is 10.1. The van der Waals surface area contributed by atoms with Crippen molar-refractivity contribution in [3.8, 4) is 11.5 Å². The molecule has 1 unspecified atom stereocenters.